The maximum atomic E-state index is 11.8. The van der Waals surface area contributed by atoms with Gasteiger partial charge in [-0.1, -0.05) is 19.3 Å². The molecule has 0 spiro atoms. The van der Waals surface area contributed by atoms with Crippen LogP contribution < -0.4 is 10.6 Å². The van der Waals surface area contributed by atoms with Crippen molar-refractivity contribution in [1.29, 1.82) is 0 Å². The maximum Gasteiger partial charge on any atom is 0.303 e. The van der Waals surface area contributed by atoms with Crippen molar-refractivity contribution < 1.29 is 14.7 Å². The Morgan fingerprint density at radius 3 is 2.37 bits per heavy atom. The molecule has 5 heteroatoms. The number of carboxylic acid groups (broad SMARTS) is 1. The monoisotopic (exact) mass is 268 g/mol. The zero-order valence-electron chi connectivity index (χ0n) is 11.4. The van der Waals surface area contributed by atoms with Crippen LogP contribution in [0.1, 0.15) is 51.4 Å². The summed E-state index contributed by atoms with van der Waals surface area (Å²) in [6, 6.07) is 0.488. The zero-order valence-corrected chi connectivity index (χ0v) is 11.4. The molecule has 0 aromatic rings. The van der Waals surface area contributed by atoms with Crippen LogP contribution >= 0.6 is 0 Å². The second-order valence-corrected chi connectivity index (χ2v) is 6.06. The van der Waals surface area contributed by atoms with E-state index < -0.39 is 5.97 Å². The molecule has 0 aromatic heterocycles. The summed E-state index contributed by atoms with van der Waals surface area (Å²) in [5.41, 5.74) is -0.186. The van der Waals surface area contributed by atoms with Crippen molar-refractivity contribution in [3.63, 3.8) is 0 Å². The molecule has 0 unspecified atom stereocenters. The first-order chi connectivity index (χ1) is 9.10. The van der Waals surface area contributed by atoms with E-state index >= 15 is 0 Å². The van der Waals surface area contributed by atoms with Gasteiger partial charge in [-0.15, -0.1) is 0 Å². The summed E-state index contributed by atoms with van der Waals surface area (Å²) >= 11 is 0. The Hall–Kier alpha value is -1.10. The Morgan fingerprint density at radius 2 is 1.84 bits per heavy atom. The van der Waals surface area contributed by atoms with Crippen molar-refractivity contribution in [2.75, 3.05) is 13.1 Å². The average Bonchev–Trinajstić information content (AvgIpc) is 2.82. The van der Waals surface area contributed by atoms with Crippen LogP contribution in [0.4, 0.5) is 0 Å². The predicted octanol–water partition coefficient (Wildman–Crippen LogP) is 1.28. The Morgan fingerprint density at radius 1 is 1.16 bits per heavy atom. The lowest BCUT2D eigenvalue weighted by atomic mass is 9.66. The van der Waals surface area contributed by atoms with Gasteiger partial charge in [-0.25, -0.2) is 0 Å². The van der Waals surface area contributed by atoms with Crippen LogP contribution in [0.5, 0.6) is 0 Å². The van der Waals surface area contributed by atoms with Crippen LogP contribution in [0.3, 0.4) is 0 Å². The maximum absolute atomic E-state index is 11.8. The predicted molar refractivity (Wildman–Crippen MR) is 71.8 cm³/mol. The summed E-state index contributed by atoms with van der Waals surface area (Å²) in [6.45, 7) is 0.859. The molecule has 0 heterocycles. The molecule has 2 aliphatic carbocycles. The van der Waals surface area contributed by atoms with Gasteiger partial charge in [-0.05, 0) is 31.1 Å². The molecule has 0 aromatic carbocycles. The smallest absolute Gasteiger partial charge is 0.303 e. The molecule has 0 aliphatic heterocycles. The molecule has 2 rings (SSSR count). The summed E-state index contributed by atoms with van der Waals surface area (Å²) in [5.74, 6) is -0.776. The number of rotatable bonds is 7. The first-order valence-corrected chi connectivity index (χ1v) is 7.32. The minimum absolute atomic E-state index is 0.0106. The van der Waals surface area contributed by atoms with Crippen molar-refractivity contribution >= 4 is 11.9 Å². The highest BCUT2D eigenvalue weighted by Crippen LogP contribution is 2.43. The van der Waals surface area contributed by atoms with Crippen LogP contribution in [0, 0.1) is 5.41 Å². The number of carboxylic acids is 1. The number of nitrogens with one attached hydrogen (secondary N) is 2. The van der Waals surface area contributed by atoms with Crippen LogP contribution in [0.25, 0.3) is 0 Å². The van der Waals surface area contributed by atoms with E-state index in [4.69, 9.17) is 5.11 Å². The van der Waals surface area contributed by atoms with Crippen LogP contribution in [-0.2, 0) is 9.59 Å². The molecule has 1 amide bonds. The van der Waals surface area contributed by atoms with Crippen LogP contribution in [-0.4, -0.2) is 36.1 Å². The lowest BCUT2D eigenvalue weighted by Gasteiger charge is -2.40. The third kappa shape index (κ3) is 4.20. The summed E-state index contributed by atoms with van der Waals surface area (Å²) in [7, 11) is 0. The average molecular weight is 268 g/mol. The molecular weight excluding hydrogens is 244 g/mol. The number of hydrogen-bond acceptors (Lipinski definition) is 3. The summed E-state index contributed by atoms with van der Waals surface area (Å²) < 4.78 is 0. The third-order valence-corrected chi connectivity index (χ3v) is 4.51. The molecule has 0 bridgehead atoms. The van der Waals surface area contributed by atoms with E-state index in [2.05, 4.69) is 10.6 Å². The van der Waals surface area contributed by atoms with Gasteiger partial charge < -0.3 is 15.7 Å². The first kappa shape index (κ1) is 14.3. The summed E-state index contributed by atoms with van der Waals surface area (Å²) in [4.78, 5) is 22.6. The second-order valence-electron chi connectivity index (χ2n) is 6.06. The van der Waals surface area contributed by atoms with Gasteiger partial charge in [0.05, 0.1) is 13.0 Å². The molecule has 2 aliphatic rings. The first-order valence-electron chi connectivity index (χ1n) is 7.32. The molecule has 0 radical (unpaired) electrons. The number of aliphatic carboxylic acids is 1. The topological polar surface area (TPSA) is 78.4 Å². The molecule has 2 fully saturated rings. The fraction of sp³-hybridized carbons (Fsp3) is 0.857. The molecule has 2 saturated carbocycles. The summed E-state index contributed by atoms with van der Waals surface area (Å²) in [5, 5.41) is 15.1. The Bertz CT molecular complexity index is 334. The largest absolute Gasteiger partial charge is 0.481 e. The normalized spacial score (nSPS) is 21.9. The van der Waals surface area contributed by atoms with Gasteiger partial charge in [0.15, 0.2) is 0 Å². The van der Waals surface area contributed by atoms with Crippen LogP contribution in [0.2, 0.25) is 0 Å². The van der Waals surface area contributed by atoms with Gasteiger partial charge in [0.1, 0.15) is 0 Å². The molecule has 5 nitrogen and oxygen atoms in total. The van der Waals surface area contributed by atoms with Gasteiger partial charge in [0.2, 0.25) is 5.91 Å². The Balaban J connectivity index is 1.65. The number of carbonyl (C=O) groups excluding carboxylic acids is 1. The van der Waals surface area contributed by atoms with E-state index in [1.165, 1.54) is 12.8 Å². The second kappa shape index (κ2) is 6.37. The van der Waals surface area contributed by atoms with E-state index in [1.54, 1.807) is 0 Å². The quantitative estimate of drug-likeness (QED) is 0.650. The number of hydrogen-bond donors (Lipinski definition) is 3. The summed E-state index contributed by atoms with van der Waals surface area (Å²) in [6.07, 6.45) is 7.90. The van der Waals surface area contributed by atoms with E-state index in [9.17, 15) is 9.59 Å². The molecule has 19 heavy (non-hydrogen) atoms. The van der Waals surface area contributed by atoms with E-state index in [0.29, 0.717) is 19.1 Å². The fourth-order valence-electron chi connectivity index (χ4n) is 3.13. The number of amides is 1. The van der Waals surface area contributed by atoms with Gasteiger partial charge in [-0.3, -0.25) is 9.59 Å². The highest BCUT2D eigenvalue weighted by Gasteiger charge is 2.39. The van der Waals surface area contributed by atoms with Crippen molar-refractivity contribution in [2.24, 2.45) is 5.41 Å². The van der Waals surface area contributed by atoms with E-state index in [0.717, 1.165) is 32.1 Å². The lowest BCUT2D eigenvalue weighted by molar-refractivity contribution is -0.141. The van der Waals surface area contributed by atoms with Crippen molar-refractivity contribution in [3.05, 3.63) is 0 Å². The van der Waals surface area contributed by atoms with Crippen molar-refractivity contribution in [1.82, 2.24) is 10.6 Å². The van der Waals surface area contributed by atoms with Gasteiger partial charge in [0, 0.05) is 12.6 Å². The standard InChI is InChI=1S/C14H24N2O3/c17-12(9-15-11-4-1-2-5-11)16-10-14(6-3-7-14)8-13(18)19/h11,15H,1-10H2,(H,16,17)(H,18,19). The zero-order chi connectivity index (χ0) is 13.7. The van der Waals surface area contributed by atoms with Gasteiger partial charge in [0.25, 0.3) is 0 Å². The minimum atomic E-state index is -0.766. The van der Waals surface area contributed by atoms with Gasteiger partial charge >= 0.3 is 5.97 Å². The van der Waals surface area contributed by atoms with E-state index in [1.807, 2.05) is 0 Å². The highest BCUT2D eigenvalue weighted by atomic mass is 16.4. The Labute approximate surface area is 114 Å². The molecule has 3 N–H and O–H groups in total. The van der Waals surface area contributed by atoms with Crippen molar-refractivity contribution in [3.8, 4) is 0 Å². The van der Waals surface area contributed by atoms with Gasteiger partial charge in [-0.2, -0.15) is 0 Å². The minimum Gasteiger partial charge on any atom is -0.481 e. The fourth-order valence-corrected chi connectivity index (χ4v) is 3.13. The SMILES string of the molecule is O=C(O)CC1(CNC(=O)CNC2CCCC2)CCC1. The molecular formula is C14H24N2O3. The molecule has 0 saturated heterocycles. The third-order valence-electron chi connectivity index (χ3n) is 4.51. The van der Waals surface area contributed by atoms with E-state index in [-0.39, 0.29) is 17.7 Å². The lowest BCUT2D eigenvalue weighted by Crippen LogP contribution is -2.46. The molecule has 108 valence electrons. The number of carbonyl (C=O) groups is 2. The van der Waals surface area contributed by atoms with Crippen molar-refractivity contribution in [2.45, 2.75) is 57.4 Å². The molecule has 0 atom stereocenters. The Kier molecular flexibility index (Phi) is 4.80. The highest BCUT2D eigenvalue weighted by molar-refractivity contribution is 5.78. The van der Waals surface area contributed by atoms with Crippen LogP contribution in [0.15, 0.2) is 0 Å².